The molecule has 0 saturated carbocycles. The van der Waals surface area contributed by atoms with Crippen molar-refractivity contribution in [1.29, 1.82) is 0 Å². The zero-order valence-electron chi connectivity index (χ0n) is 7.62. The van der Waals surface area contributed by atoms with Crippen LogP contribution in [0.5, 0.6) is 0 Å². The SMILES string of the molecule is Cl.NC(=O)NCCCc1cnc(N)[nH]1. The Hall–Kier alpha value is -1.43. The Morgan fingerprint density at radius 2 is 2.36 bits per heavy atom. The third kappa shape index (κ3) is 4.56. The van der Waals surface area contributed by atoms with Crippen LogP contribution < -0.4 is 16.8 Å². The second kappa shape index (κ2) is 6.09. The van der Waals surface area contributed by atoms with Crippen LogP contribution in [-0.4, -0.2) is 22.5 Å². The summed E-state index contributed by atoms with van der Waals surface area (Å²) >= 11 is 0. The van der Waals surface area contributed by atoms with E-state index in [2.05, 4.69) is 15.3 Å². The van der Waals surface area contributed by atoms with Crippen LogP contribution in [0.2, 0.25) is 0 Å². The van der Waals surface area contributed by atoms with Gasteiger partial charge in [0.1, 0.15) is 0 Å². The number of H-pyrrole nitrogens is 1. The number of nitrogens with one attached hydrogen (secondary N) is 2. The number of amides is 2. The molecule has 0 saturated heterocycles. The van der Waals surface area contributed by atoms with E-state index < -0.39 is 6.03 Å². The number of urea groups is 1. The van der Waals surface area contributed by atoms with Gasteiger partial charge in [-0.05, 0) is 12.8 Å². The number of rotatable bonds is 4. The van der Waals surface area contributed by atoms with Crippen LogP contribution in [0, 0.1) is 0 Å². The molecule has 6 nitrogen and oxygen atoms in total. The number of hydrogen-bond donors (Lipinski definition) is 4. The van der Waals surface area contributed by atoms with Gasteiger partial charge in [0.25, 0.3) is 0 Å². The molecule has 1 aromatic heterocycles. The quantitative estimate of drug-likeness (QED) is 0.536. The highest BCUT2D eigenvalue weighted by Crippen LogP contribution is 2.00. The molecule has 6 N–H and O–H groups in total. The summed E-state index contributed by atoms with van der Waals surface area (Å²) in [7, 11) is 0. The molecule has 0 aliphatic carbocycles. The molecule has 7 heteroatoms. The minimum atomic E-state index is -0.496. The molecule has 0 radical (unpaired) electrons. The predicted octanol–water partition coefficient (Wildman–Crippen LogP) is 0.0146. The first-order valence-electron chi connectivity index (χ1n) is 4.01. The maximum absolute atomic E-state index is 10.3. The molecule has 0 atom stereocenters. The van der Waals surface area contributed by atoms with Crippen molar-refractivity contribution in [3.8, 4) is 0 Å². The van der Waals surface area contributed by atoms with Crippen LogP contribution in [-0.2, 0) is 6.42 Å². The molecule has 80 valence electrons. The predicted molar refractivity (Wildman–Crippen MR) is 56.2 cm³/mol. The van der Waals surface area contributed by atoms with Crippen LogP contribution in [0.25, 0.3) is 0 Å². The van der Waals surface area contributed by atoms with E-state index >= 15 is 0 Å². The van der Waals surface area contributed by atoms with Crippen molar-refractivity contribution in [1.82, 2.24) is 15.3 Å². The van der Waals surface area contributed by atoms with Crippen LogP contribution in [0.4, 0.5) is 10.7 Å². The molecule has 1 aromatic rings. The second-order valence-electron chi connectivity index (χ2n) is 2.69. The lowest BCUT2D eigenvalue weighted by Crippen LogP contribution is -2.30. The van der Waals surface area contributed by atoms with Crippen LogP contribution in [0.15, 0.2) is 6.20 Å². The Labute approximate surface area is 87.9 Å². The van der Waals surface area contributed by atoms with Crippen molar-refractivity contribution >= 4 is 24.4 Å². The molecular formula is C7H14ClN5O. The Morgan fingerprint density at radius 3 is 2.86 bits per heavy atom. The summed E-state index contributed by atoms with van der Waals surface area (Å²) in [5.41, 5.74) is 11.2. The molecule has 0 aliphatic rings. The average molecular weight is 220 g/mol. The lowest BCUT2D eigenvalue weighted by molar-refractivity contribution is 0.249. The van der Waals surface area contributed by atoms with Crippen molar-refractivity contribution in [3.63, 3.8) is 0 Å². The standard InChI is InChI=1S/C7H13N5O.ClH/c8-6-11-4-5(12-6)2-1-3-10-7(9)13;/h4H,1-3H2,(H3,8,11,12)(H3,9,10,13);1H. The number of carbonyl (C=O) groups is 1. The first-order valence-corrected chi connectivity index (χ1v) is 4.01. The van der Waals surface area contributed by atoms with Gasteiger partial charge < -0.3 is 21.8 Å². The molecule has 0 aromatic carbocycles. The lowest BCUT2D eigenvalue weighted by Gasteiger charge is -1.99. The molecule has 0 aliphatic heterocycles. The van der Waals surface area contributed by atoms with E-state index in [1.54, 1.807) is 6.20 Å². The average Bonchev–Trinajstić information content (AvgIpc) is 2.45. The van der Waals surface area contributed by atoms with Gasteiger partial charge in [0.15, 0.2) is 5.95 Å². The molecular weight excluding hydrogens is 206 g/mol. The van der Waals surface area contributed by atoms with E-state index in [1.165, 1.54) is 0 Å². The first kappa shape index (κ1) is 12.6. The Bertz CT molecular complexity index is 287. The van der Waals surface area contributed by atoms with Gasteiger partial charge in [-0.15, -0.1) is 12.4 Å². The minimum absolute atomic E-state index is 0. The lowest BCUT2D eigenvalue weighted by atomic mass is 10.2. The number of imidazole rings is 1. The van der Waals surface area contributed by atoms with Crippen molar-refractivity contribution in [3.05, 3.63) is 11.9 Å². The fourth-order valence-corrected chi connectivity index (χ4v) is 0.994. The fraction of sp³-hybridized carbons (Fsp3) is 0.429. The number of nitrogens with zero attached hydrogens (tertiary/aromatic N) is 1. The highest BCUT2D eigenvalue weighted by molar-refractivity contribution is 5.85. The van der Waals surface area contributed by atoms with E-state index in [4.69, 9.17) is 11.5 Å². The van der Waals surface area contributed by atoms with Gasteiger partial charge in [-0.25, -0.2) is 9.78 Å². The zero-order chi connectivity index (χ0) is 9.68. The van der Waals surface area contributed by atoms with Crippen LogP contribution in [0.1, 0.15) is 12.1 Å². The monoisotopic (exact) mass is 219 g/mol. The number of nitrogen functional groups attached to an aromatic ring is 1. The molecule has 1 heterocycles. The Balaban J connectivity index is 0.00000169. The maximum Gasteiger partial charge on any atom is 0.312 e. The summed E-state index contributed by atoms with van der Waals surface area (Å²) in [5.74, 6) is 0.415. The van der Waals surface area contributed by atoms with E-state index in [0.29, 0.717) is 12.5 Å². The summed E-state index contributed by atoms with van der Waals surface area (Å²) in [6, 6.07) is -0.496. The number of hydrogen-bond acceptors (Lipinski definition) is 3. The summed E-state index contributed by atoms with van der Waals surface area (Å²) in [5, 5.41) is 2.50. The largest absolute Gasteiger partial charge is 0.369 e. The Kier molecular flexibility index (Phi) is 5.47. The Morgan fingerprint density at radius 1 is 1.64 bits per heavy atom. The zero-order valence-corrected chi connectivity index (χ0v) is 8.43. The van der Waals surface area contributed by atoms with Crippen molar-refractivity contribution in [2.75, 3.05) is 12.3 Å². The summed E-state index contributed by atoms with van der Waals surface area (Å²) in [6.45, 7) is 0.564. The van der Waals surface area contributed by atoms with E-state index in [0.717, 1.165) is 18.5 Å². The van der Waals surface area contributed by atoms with E-state index in [9.17, 15) is 4.79 Å². The van der Waals surface area contributed by atoms with Gasteiger partial charge in [-0.3, -0.25) is 0 Å². The number of aryl methyl sites for hydroxylation is 1. The molecule has 14 heavy (non-hydrogen) atoms. The molecule has 0 bridgehead atoms. The fourth-order valence-electron chi connectivity index (χ4n) is 0.994. The number of halogens is 1. The smallest absolute Gasteiger partial charge is 0.312 e. The number of primary amides is 1. The van der Waals surface area contributed by atoms with Crippen molar-refractivity contribution in [2.45, 2.75) is 12.8 Å². The van der Waals surface area contributed by atoms with Crippen LogP contribution in [0.3, 0.4) is 0 Å². The molecule has 0 spiro atoms. The topological polar surface area (TPSA) is 110 Å². The highest BCUT2D eigenvalue weighted by atomic mass is 35.5. The van der Waals surface area contributed by atoms with Gasteiger partial charge in [-0.1, -0.05) is 0 Å². The van der Waals surface area contributed by atoms with E-state index in [-0.39, 0.29) is 12.4 Å². The highest BCUT2D eigenvalue weighted by Gasteiger charge is 1.97. The molecule has 2 amide bonds. The molecule has 1 rings (SSSR count). The number of anilines is 1. The summed E-state index contributed by atoms with van der Waals surface area (Å²) in [6.07, 6.45) is 3.29. The number of nitrogens with two attached hydrogens (primary N) is 2. The third-order valence-corrected chi connectivity index (χ3v) is 1.57. The van der Waals surface area contributed by atoms with Gasteiger partial charge in [-0.2, -0.15) is 0 Å². The van der Waals surface area contributed by atoms with E-state index in [1.807, 2.05) is 0 Å². The first-order chi connectivity index (χ1) is 6.18. The normalized spacial score (nSPS) is 9.14. The second-order valence-corrected chi connectivity index (χ2v) is 2.69. The third-order valence-electron chi connectivity index (χ3n) is 1.57. The van der Waals surface area contributed by atoms with Gasteiger partial charge in [0.2, 0.25) is 0 Å². The summed E-state index contributed by atoms with van der Waals surface area (Å²) < 4.78 is 0. The van der Waals surface area contributed by atoms with Gasteiger partial charge in [0.05, 0.1) is 6.20 Å². The summed E-state index contributed by atoms with van der Waals surface area (Å²) in [4.78, 5) is 17.0. The number of carbonyl (C=O) groups excluding carboxylic acids is 1. The van der Waals surface area contributed by atoms with Crippen molar-refractivity contribution in [2.24, 2.45) is 5.73 Å². The van der Waals surface area contributed by atoms with Gasteiger partial charge >= 0.3 is 6.03 Å². The minimum Gasteiger partial charge on any atom is -0.369 e. The maximum atomic E-state index is 10.3. The van der Waals surface area contributed by atoms with Crippen LogP contribution >= 0.6 is 12.4 Å². The number of aromatic amines is 1. The molecule has 0 fully saturated rings. The van der Waals surface area contributed by atoms with Crippen molar-refractivity contribution < 1.29 is 4.79 Å². The number of aromatic nitrogens is 2. The van der Waals surface area contributed by atoms with Gasteiger partial charge in [0, 0.05) is 12.2 Å². The molecule has 0 unspecified atom stereocenters.